The number of hydrogen-bond acceptors (Lipinski definition) is 4. The molecular formula is C16H31N3O. The van der Waals surface area contributed by atoms with Crippen molar-refractivity contribution >= 4 is 0 Å². The minimum atomic E-state index is -0.377. The molecule has 1 heterocycles. The van der Waals surface area contributed by atoms with Gasteiger partial charge in [0.25, 0.3) is 0 Å². The molecule has 20 heavy (non-hydrogen) atoms. The van der Waals surface area contributed by atoms with E-state index in [1.165, 1.54) is 19.3 Å². The zero-order valence-electron chi connectivity index (χ0n) is 13.5. The lowest BCUT2D eigenvalue weighted by atomic mass is 9.97. The molecule has 0 spiro atoms. The molecule has 116 valence electrons. The zero-order valence-corrected chi connectivity index (χ0v) is 13.5. The fourth-order valence-corrected chi connectivity index (χ4v) is 2.68. The highest BCUT2D eigenvalue weighted by molar-refractivity contribution is 5.03. The van der Waals surface area contributed by atoms with Crippen molar-refractivity contribution in [1.29, 1.82) is 5.26 Å². The second-order valence-electron chi connectivity index (χ2n) is 6.23. The molecule has 1 N–H and O–H groups in total. The Balaban J connectivity index is 2.19. The summed E-state index contributed by atoms with van der Waals surface area (Å²) >= 11 is 0. The number of nitriles is 1. The maximum absolute atomic E-state index is 9.29. The van der Waals surface area contributed by atoms with Crippen LogP contribution in [0.2, 0.25) is 0 Å². The van der Waals surface area contributed by atoms with Crippen LogP contribution in [0.3, 0.4) is 0 Å². The lowest BCUT2D eigenvalue weighted by molar-refractivity contribution is -0.00172. The first-order valence-electron chi connectivity index (χ1n) is 8.06. The summed E-state index contributed by atoms with van der Waals surface area (Å²) in [5, 5.41) is 12.6. The van der Waals surface area contributed by atoms with E-state index in [-0.39, 0.29) is 5.54 Å². The Bertz CT molecular complexity index is 297. The quantitative estimate of drug-likeness (QED) is 0.705. The summed E-state index contributed by atoms with van der Waals surface area (Å²) in [6, 6.07) is 2.41. The highest BCUT2D eigenvalue weighted by Crippen LogP contribution is 2.15. The molecule has 2 unspecified atom stereocenters. The van der Waals surface area contributed by atoms with Crippen LogP contribution < -0.4 is 5.32 Å². The zero-order chi connectivity index (χ0) is 14.8. The van der Waals surface area contributed by atoms with Gasteiger partial charge in [-0.15, -0.1) is 0 Å². The highest BCUT2D eigenvalue weighted by atomic mass is 16.5. The summed E-state index contributed by atoms with van der Waals surface area (Å²) in [6.07, 6.45) is 7.13. The molecule has 0 aromatic heterocycles. The summed E-state index contributed by atoms with van der Waals surface area (Å²) in [5.41, 5.74) is -0.377. The summed E-state index contributed by atoms with van der Waals surface area (Å²) in [6.45, 7) is 8.02. The van der Waals surface area contributed by atoms with Gasteiger partial charge in [-0.1, -0.05) is 6.92 Å². The molecule has 4 heteroatoms. The molecule has 2 atom stereocenters. The standard InChI is InChI=1S/C16H31N3O/c1-4-10-18-16(2,14-17)9-7-11-19(3)13-15-8-5-6-12-20-15/h15,18H,4-13H2,1-3H3. The summed E-state index contributed by atoms with van der Waals surface area (Å²) in [5.74, 6) is 0. The van der Waals surface area contributed by atoms with Crippen molar-refractivity contribution < 1.29 is 4.74 Å². The van der Waals surface area contributed by atoms with E-state index < -0.39 is 0 Å². The summed E-state index contributed by atoms with van der Waals surface area (Å²) < 4.78 is 5.76. The number of hydrogen-bond donors (Lipinski definition) is 1. The fraction of sp³-hybridized carbons (Fsp3) is 0.938. The molecule has 0 bridgehead atoms. The van der Waals surface area contributed by atoms with Crippen LogP contribution in [0, 0.1) is 11.3 Å². The largest absolute Gasteiger partial charge is 0.377 e. The molecular weight excluding hydrogens is 250 g/mol. The van der Waals surface area contributed by atoms with Crippen molar-refractivity contribution in [3.05, 3.63) is 0 Å². The van der Waals surface area contributed by atoms with Gasteiger partial charge >= 0.3 is 0 Å². The third-order valence-corrected chi connectivity index (χ3v) is 4.02. The molecule has 1 rings (SSSR count). The van der Waals surface area contributed by atoms with Crippen molar-refractivity contribution in [3.8, 4) is 6.07 Å². The summed E-state index contributed by atoms with van der Waals surface area (Å²) in [4.78, 5) is 2.34. The first-order valence-corrected chi connectivity index (χ1v) is 8.06. The van der Waals surface area contributed by atoms with Gasteiger partial charge in [-0.05, 0) is 65.6 Å². The maximum atomic E-state index is 9.29. The van der Waals surface area contributed by atoms with Crippen molar-refractivity contribution in [2.45, 2.75) is 64.0 Å². The molecule has 4 nitrogen and oxygen atoms in total. The van der Waals surface area contributed by atoms with Crippen molar-refractivity contribution in [2.75, 3.05) is 33.3 Å². The lowest BCUT2D eigenvalue weighted by Gasteiger charge is -2.28. The smallest absolute Gasteiger partial charge is 0.103 e. The topological polar surface area (TPSA) is 48.3 Å². The minimum absolute atomic E-state index is 0.377. The Morgan fingerprint density at radius 3 is 2.85 bits per heavy atom. The third kappa shape index (κ3) is 6.69. The van der Waals surface area contributed by atoms with Gasteiger partial charge in [0.2, 0.25) is 0 Å². The van der Waals surface area contributed by atoms with Gasteiger partial charge in [0.05, 0.1) is 12.2 Å². The second-order valence-corrected chi connectivity index (χ2v) is 6.23. The molecule has 1 fully saturated rings. The predicted molar refractivity (Wildman–Crippen MR) is 82.6 cm³/mol. The molecule has 0 aromatic carbocycles. The number of ether oxygens (including phenoxy) is 1. The van der Waals surface area contributed by atoms with Gasteiger partial charge in [0.15, 0.2) is 0 Å². The van der Waals surface area contributed by atoms with Gasteiger partial charge in [-0.25, -0.2) is 0 Å². The van der Waals surface area contributed by atoms with E-state index in [0.29, 0.717) is 6.10 Å². The predicted octanol–water partition coefficient (Wildman–Crippen LogP) is 2.55. The van der Waals surface area contributed by atoms with Gasteiger partial charge in [0.1, 0.15) is 5.54 Å². The van der Waals surface area contributed by atoms with Crippen LogP contribution in [0.1, 0.15) is 52.4 Å². The minimum Gasteiger partial charge on any atom is -0.377 e. The van der Waals surface area contributed by atoms with Crippen LogP contribution in [-0.2, 0) is 4.74 Å². The number of likely N-dealkylation sites (N-methyl/N-ethyl adjacent to an activating group) is 1. The van der Waals surface area contributed by atoms with Crippen LogP contribution in [0.25, 0.3) is 0 Å². The van der Waals surface area contributed by atoms with E-state index in [0.717, 1.165) is 45.5 Å². The average molecular weight is 281 g/mol. The van der Waals surface area contributed by atoms with Gasteiger partial charge in [0, 0.05) is 13.2 Å². The molecule has 1 saturated heterocycles. The molecule has 0 amide bonds. The lowest BCUT2D eigenvalue weighted by Crippen LogP contribution is -2.42. The Morgan fingerprint density at radius 2 is 2.25 bits per heavy atom. The normalized spacial score (nSPS) is 22.4. The van der Waals surface area contributed by atoms with Crippen LogP contribution in [0.15, 0.2) is 0 Å². The van der Waals surface area contributed by atoms with E-state index in [1.54, 1.807) is 0 Å². The molecule has 0 aliphatic carbocycles. The molecule has 1 aliphatic rings. The maximum Gasteiger partial charge on any atom is 0.103 e. The Kier molecular flexibility index (Phi) is 8.13. The number of nitrogens with one attached hydrogen (secondary N) is 1. The third-order valence-electron chi connectivity index (χ3n) is 4.02. The van der Waals surface area contributed by atoms with Crippen molar-refractivity contribution in [2.24, 2.45) is 0 Å². The Labute approximate surface area is 124 Å². The molecule has 0 saturated carbocycles. The summed E-state index contributed by atoms with van der Waals surface area (Å²) in [7, 11) is 2.15. The average Bonchev–Trinajstić information content (AvgIpc) is 2.46. The first kappa shape index (κ1) is 17.4. The van der Waals surface area contributed by atoms with Gasteiger partial charge in [-0.2, -0.15) is 5.26 Å². The molecule has 1 aliphatic heterocycles. The van der Waals surface area contributed by atoms with E-state index in [9.17, 15) is 5.26 Å². The highest BCUT2D eigenvalue weighted by Gasteiger charge is 2.22. The molecule has 0 radical (unpaired) electrons. The van der Waals surface area contributed by atoms with Crippen molar-refractivity contribution in [3.63, 3.8) is 0 Å². The van der Waals surface area contributed by atoms with Crippen LogP contribution >= 0.6 is 0 Å². The van der Waals surface area contributed by atoms with E-state index in [4.69, 9.17) is 4.74 Å². The van der Waals surface area contributed by atoms with E-state index >= 15 is 0 Å². The fourth-order valence-electron chi connectivity index (χ4n) is 2.68. The van der Waals surface area contributed by atoms with Gasteiger partial charge < -0.3 is 9.64 Å². The van der Waals surface area contributed by atoms with Gasteiger partial charge in [-0.3, -0.25) is 5.32 Å². The van der Waals surface area contributed by atoms with E-state index in [2.05, 4.69) is 30.3 Å². The van der Waals surface area contributed by atoms with Crippen LogP contribution in [-0.4, -0.2) is 49.8 Å². The Morgan fingerprint density at radius 1 is 1.45 bits per heavy atom. The van der Waals surface area contributed by atoms with Crippen LogP contribution in [0.4, 0.5) is 0 Å². The number of nitrogens with zero attached hydrogens (tertiary/aromatic N) is 2. The van der Waals surface area contributed by atoms with E-state index in [1.807, 2.05) is 6.92 Å². The monoisotopic (exact) mass is 281 g/mol. The SMILES string of the molecule is CCCNC(C)(C#N)CCCN(C)CC1CCCCO1. The van der Waals surface area contributed by atoms with Crippen LogP contribution in [0.5, 0.6) is 0 Å². The Hall–Kier alpha value is -0.630. The van der Waals surface area contributed by atoms with Crippen molar-refractivity contribution in [1.82, 2.24) is 10.2 Å². The molecule has 0 aromatic rings. The second kappa shape index (κ2) is 9.33. The first-order chi connectivity index (χ1) is 9.59. The number of rotatable bonds is 9.